The van der Waals surface area contributed by atoms with Crippen molar-refractivity contribution in [3.63, 3.8) is 0 Å². The monoisotopic (exact) mass is 235 g/mol. The van der Waals surface area contributed by atoms with Gasteiger partial charge < -0.3 is 9.88 Å². The first-order chi connectivity index (χ1) is 7.68. The molecule has 3 nitrogen and oxygen atoms in total. The molecule has 0 fully saturated rings. The van der Waals surface area contributed by atoms with Gasteiger partial charge in [0.2, 0.25) is 5.95 Å². The van der Waals surface area contributed by atoms with Crippen LogP contribution < -0.4 is 5.32 Å². The number of benzene rings is 1. The zero-order chi connectivity index (χ0) is 11.5. The Kier molecular flexibility index (Phi) is 3.15. The van der Waals surface area contributed by atoms with E-state index in [1.807, 2.05) is 42.1 Å². The fraction of sp³-hybridized carbons (Fsp3) is 0.250. The second-order valence-electron chi connectivity index (χ2n) is 3.75. The molecule has 0 aliphatic rings. The zero-order valence-corrected chi connectivity index (χ0v) is 10.1. The van der Waals surface area contributed by atoms with Gasteiger partial charge in [-0.3, -0.25) is 0 Å². The van der Waals surface area contributed by atoms with Gasteiger partial charge in [0.1, 0.15) is 0 Å². The normalized spacial score (nSPS) is 12.4. The lowest BCUT2D eigenvalue weighted by molar-refractivity contribution is 0.823. The third kappa shape index (κ3) is 2.19. The van der Waals surface area contributed by atoms with Gasteiger partial charge >= 0.3 is 0 Å². The average Bonchev–Trinajstić information content (AvgIpc) is 2.65. The first-order valence-corrected chi connectivity index (χ1v) is 5.54. The first-order valence-electron chi connectivity index (χ1n) is 5.17. The number of rotatable bonds is 3. The fourth-order valence-electron chi connectivity index (χ4n) is 1.60. The first kappa shape index (κ1) is 11.0. The van der Waals surface area contributed by atoms with Crippen LogP contribution in [0.4, 0.5) is 5.95 Å². The molecule has 1 unspecified atom stereocenters. The summed E-state index contributed by atoms with van der Waals surface area (Å²) in [5.41, 5.74) is 1.08. The lowest BCUT2D eigenvalue weighted by Crippen LogP contribution is -2.10. The van der Waals surface area contributed by atoms with Crippen molar-refractivity contribution in [1.82, 2.24) is 9.55 Å². The molecule has 0 spiro atoms. The van der Waals surface area contributed by atoms with Gasteiger partial charge in [-0.05, 0) is 18.6 Å². The molecule has 0 amide bonds. The van der Waals surface area contributed by atoms with Crippen molar-refractivity contribution in [3.8, 4) is 0 Å². The van der Waals surface area contributed by atoms with E-state index >= 15 is 0 Å². The molecule has 0 radical (unpaired) electrons. The Morgan fingerprint density at radius 3 is 2.75 bits per heavy atom. The maximum Gasteiger partial charge on any atom is 0.202 e. The largest absolute Gasteiger partial charge is 0.349 e. The van der Waals surface area contributed by atoms with Crippen LogP contribution in [0.2, 0.25) is 5.02 Å². The molecule has 1 aromatic carbocycles. The number of nitrogens with zero attached hydrogens (tertiary/aromatic N) is 2. The molecule has 1 heterocycles. The summed E-state index contributed by atoms with van der Waals surface area (Å²) in [5.74, 6) is 0.840. The van der Waals surface area contributed by atoms with Gasteiger partial charge in [0.05, 0.1) is 6.04 Å². The topological polar surface area (TPSA) is 29.9 Å². The van der Waals surface area contributed by atoms with Gasteiger partial charge in [0.15, 0.2) is 0 Å². The predicted octanol–water partition coefficient (Wildman–Crippen LogP) is 3.25. The highest BCUT2D eigenvalue weighted by Crippen LogP contribution is 2.24. The lowest BCUT2D eigenvalue weighted by Gasteiger charge is -2.16. The molecule has 4 heteroatoms. The van der Waals surface area contributed by atoms with Crippen molar-refractivity contribution in [2.45, 2.75) is 13.0 Å². The summed E-state index contributed by atoms with van der Waals surface area (Å²) in [4.78, 5) is 4.22. The van der Waals surface area contributed by atoms with Crippen molar-refractivity contribution in [1.29, 1.82) is 0 Å². The molecule has 2 aromatic rings. The van der Waals surface area contributed by atoms with Crippen molar-refractivity contribution >= 4 is 17.5 Å². The summed E-state index contributed by atoms with van der Waals surface area (Å²) in [7, 11) is 1.95. The van der Waals surface area contributed by atoms with Crippen molar-refractivity contribution in [3.05, 3.63) is 47.2 Å². The predicted molar refractivity (Wildman–Crippen MR) is 66.7 cm³/mol. The van der Waals surface area contributed by atoms with Crippen LogP contribution in [0.25, 0.3) is 0 Å². The smallest absolute Gasteiger partial charge is 0.202 e. The highest BCUT2D eigenvalue weighted by Gasteiger charge is 2.10. The van der Waals surface area contributed by atoms with E-state index in [4.69, 9.17) is 11.6 Å². The third-order valence-corrected chi connectivity index (χ3v) is 2.88. The van der Waals surface area contributed by atoms with E-state index in [9.17, 15) is 0 Å². The van der Waals surface area contributed by atoms with Crippen molar-refractivity contribution in [2.75, 3.05) is 5.32 Å². The van der Waals surface area contributed by atoms with E-state index < -0.39 is 0 Å². The van der Waals surface area contributed by atoms with Gasteiger partial charge in [-0.25, -0.2) is 4.98 Å². The standard InChI is InChI=1S/C12H14ClN3/c1-9(10-5-3-4-6-11(10)13)15-12-14-7-8-16(12)2/h3-9H,1-2H3,(H,14,15). The number of anilines is 1. The summed E-state index contributed by atoms with van der Waals surface area (Å²) < 4.78 is 1.94. The Labute approximate surface area is 100 Å². The highest BCUT2D eigenvalue weighted by atomic mass is 35.5. The summed E-state index contributed by atoms with van der Waals surface area (Å²) in [6, 6.07) is 7.96. The average molecular weight is 236 g/mol. The van der Waals surface area contributed by atoms with Crippen LogP contribution in [-0.2, 0) is 7.05 Å². The Morgan fingerprint density at radius 2 is 2.12 bits per heavy atom. The molecule has 2 rings (SSSR count). The summed E-state index contributed by atoms with van der Waals surface area (Å²) in [5, 5.41) is 4.09. The second kappa shape index (κ2) is 4.58. The highest BCUT2D eigenvalue weighted by molar-refractivity contribution is 6.31. The van der Waals surface area contributed by atoms with Gasteiger partial charge in [-0.2, -0.15) is 0 Å². The number of halogens is 1. The molecule has 0 aliphatic heterocycles. The maximum atomic E-state index is 6.13. The minimum absolute atomic E-state index is 0.134. The fourth-order valence-corrected chi connectivity index (χ4v) is 1.90. The maximum absolute atomic E-state index is 6.13. The van der Waals surface area contributed by atoms with Gasteiger partial charge in [0.25, 0.3) is 0 Å². The quantitative estimate of drug-likeness (QED) is 0.885. The zero-order valence-electron chi connectivity index (χ0n) is 9.31. The van der Waals surface area contributed by atoms with E-state index in [2.05, 4.69) is 17.2 Å². The number of hydrogen-bond donors (Lipinski definition) is 1. The van der Waals surface area contributed by atoms with Crippen LogP contribution in [0.3, 0.4) is 0 Å². The molecule has 16 heavy (non-hydrogen) atoms. The van der Waals surface area contributed by atoms with E-state index in [0.29, 0.717) is 0 Å². The van der Waals surface area contributed by atoms with Crippen LogP contribution in [0.1, 0.15) is 18.5 Å². The van der Waals surface area contributed by atoms with Gasteiger partial charge in [0, 0.05) is 24.5 Å². The molecular formula is C12H14ClN3. The summed E-state index contributed by atoms with van der Waals surface area (Å²) in [6.07, 6.45) is 3.67. The molecular weight excluding hydrogens is 222 g/mol. The third-order valence-electron chi connectivity index (χ3n) is 2.54. The van der Waals surface area contributed by atoms with Crippen LogP contribution in [0.15, 0.2) is 36.7 Å². The second-order valence-corrected chi connectivity index (χ2v) is 4.16. The molecule has 0 saturated carbocycles. The Hall–Kier alpha value is -1.48. The Balaban J connectivity index is 2.18. The van der Waals surface area contributed by atoms with E-state index in [0.717, 1.165) is 16.5 Å². The summed E-state index contributed by atoms with van der Waals surface area (Å²) in [6.45, 7) is 2.07. The van der Waals surface area contributed by atoms with E-state index in [1.54, 1.807) is 6.20 Å². The number of hydrogen-bond acceptors (Lipinski definition) is 2. The minimum atomic E-state index is 0.134. The SMILES string of the molecule is CC(Nc1nccn1C)c1ccccc1Cl. The van der Waals surface area contributed by atoms with Crippen molar-refractivity contribution < 1.29 is 0 Å². The molecule has 1 N–H and O–H groups in total. The molecule has 0 saturated heterocycles. The molecule has 0 aliphatic carbocycles. The van der Waals surface area contributed by atoms with Crippen LogP contribution in [-0.4, -0.2) is 9.55 Å². The molecule has 84 valence electrons. The Morgan fingerprint density at radius 1 is 1.38 bits per heavy atom. The van der Waals surface area contributed by atoms with E-state index in [1.165, 1.54) is 0 Å². The van der Waals surface area contributed by atoms with Gasteiger partial charge in [-0.1, -0.05) is 29.8 Å². The molecule has 0 bridgehead atoms. The van der Waals surface area contributed by atoms with Crippen LogP contribution >= 0.6 is 11.6 Å². The van der Waals surface area contributed by atoms with E-state index in [-0.39, 0.29) is 6.04 Å². The number of aromatic nitrogens is 2. The number of imidazole rings is 1. The van der Waals surface area contributed by atoms with Crippen LogP contribution in [0.5, 0.6) is 0 Å². The van der Waals surface area contributed by atoms with Crippen molar-refractivity contribution in [2.24, 2.45) is 7.05 Å². The number of aryl methyl sites for hydroxylation is 1. The molecule has 1 aromatic heterocycles. The number of nitrogens with one attached hydrogen (secondary N) is 1. The van der Waals surface area contributed by atoms with Gasteiger partial charge in [-0.15, -0.1) is 0 Å². The molecule has 1 atom stereocenters. The Bertz CT molecular complexity index is 479. The minimum Gasteiger partial charge on any atom is -0.349 e. The summed E-state index contributed by atoms with van der Waals surface area (Å²) >= 11 is 6.13. The lowest BCUT2D eigenvalue weighted by atomic mass is 10.1. The van der Waals surface area contributed by atoms with Crippen LogP contribution in [0, 0.1) is 0 Å².